The summed E-state index contributed by atoms with van der Waals surface area (Å²) in [4.78, 5) is 2.55. The van der Waals surface area contributed by atoms with Gasteiger partial charge in [-0.1, -0.05) is 34.6 Å². The lowest BCUT2D eigenvalue weighted by Crippen LogP contribution is -2.54. The maximum atomic E-state index is 5.57. The number of likely N-dealkylation sites (N-methyl/N-ethyl adjacent to an activating group) is 1. The molecule has 0 unspecified atom stereocenters. The Morgan fingerprint density at radius 2 is 1.15 bits per heavy atom. The predicted octanol–water partition coefficient (Wildman–Crippen LogP) is 4.29. The van der Waals surface area contributed by atoms with Crippen molar-refractivity contribution in [3.63, 3.8) is 0 Å². The Labute approximate surface area is 165 Å². The van der Waals surface area contributed by atoms with Crippen LogP contribution in [0, 0.1) is 0 Å². The normalized spacial score (nSPS) is 13.2. The van der Waals surface area contributed by atoms with Gasteiger partial charge in [0.2, 0.25) is 0 Å². The highest BCUT2D eigenvalue weighted by molar-refractivity contribution is 6.77. The monoisotopic (exact) mass is 406 g/mol. The van der Waals surface area contributed by atoms with Crippen LogP contribution >= 0.6 is 0 Å². The molecule has 0 rings (SSSR count). The molecule has 0 aliphatic heterocycles. The Hall–Kier alpha value is 0.234. The molecule has 0 fully saturated rings. The summed E-state index contributed by atoms with van der Waals surface area (Å²) in [6, 6.07) is 4.96. The fourth-order valence-electron chi connectivity index (χ4n) is 4.01. The molecule has 0 radical (unpaired) electrons. The summed E-state index contributed by atoms with van der Waals surface area (Å²) in [6.45, 7) is 17.6. The Morgan fingerprint density at radius 1 is 0.654 bits per heavy atom. The van der Waals surface area contributed by atoms with Crippen LogP contribution in [0.2, 0.25) is 24.2 Å². The van der Waals surface area contributed by atoms with Crippen LogP contribution in [-0.2, 0) is 13.3 Å². The summed E-state index contributed by atoms with van der Waals surface area (Å²) < 4.78 is 19.6. The van der Waals surface area contributed by atoms with Gasteiger partial charge in [0.15, 0.2) is 0 Å². The quantitative estimate of drug-likeness (QED) is 0.266. The first-order chi connectivity index (χ1) is 12.5. The summed E-state index contributed by atoms with van der Waals surface area (Å²) in [5, 5.41) is 0. The van der Waals surface area contributed by atoms with E-state index in [0.29, 0.717) is 0 Å². The molecule has 0 N–H and O–H groups in total. The van der Waals surface area contributed by atoms with Crippen LogP contribution in [0.1, 0.15) is 47.5 Å². The van der Waals surface area contributed by atoms with Crippen LogP contribution in [0.4, 0.5) is 0 Å². The van der Waals surface area contributed by atoms with Crippen LogP contribution < -0.4 is 0 Å². The summed E-state index contributed by atoms with van der Waals surface area (Å²) in [5.74, 6) is 0. The van der Waals surface area contributed by atoms with Gasteiger partial charge in [-0.05, 0) is 50.6 Å². The molecule has 0 amide bonds. The zero-order chi connectivity index (χ0) is 20.1. The molecule has 0 atom stereocenters. The van der Waals surface area contributed by atoms with Crippen LogP contribution in [0.3, 0.4) is 0 Å². The van der Waals surface area contributed by atoms with Crippen LogP contribution in [0.25, 0.3) is 0 Å². The number of hydrogen-bond donors (Lipinski definition) is 0. The minimum absolute atomic E-state index is 0.902. The molecule has 0 bridgehead atoms. The van der Waals surface area contributed by atoms with E-state index in [9.17, 15) is 0 Å². The lowest BCUT2D eigenvalue weighted by Gasteiger charge is -2.42. The molecule has 0 aliphatic carbocycles. The zero-order valence-electron chi connectivity index (χ0n) is 18.9. The Bertz CT molecular complexity index is 320. The second kappa shape index (κ2) is 14.3. The van der Waals surface area contributed by atoms with Crippen LogP contribution in [-0.4, -0.2) is 80.6 Å². The molecule has 26 heavy (non-hydrogen) atoms. The van der Waals surface area contributed by atoms with Gasteiger partial charge in [0.05, 0.1) is 0 Å². The van der Waals surface area contributed by atoms with Crippen molar-refractivity contribution in [2.75, 3.05) is 54.1 Å². The summed E-state index contributed by atoms with van der Waals surface area (Å²) in [6.07, 6.45) is 2.29. The fraction of sp³-hybridized carbons (Fsp3) is 1.00. The molecule has 0 saturated heterocycles. The van der Waals surface area contributed by atoms with Crippen molar-refractivity contribution >= 4 is 17.0 Å². The minimum atomic E-state index is -2.42. The van der Waals surface area contributed by atoms with Gasteiger partial charge in [0, 0.05) is 40.5 Å². The van der Waals surface area contributed by atoms with E-state index in [2.05, 4.69) is 44.1 Å². The number of nitrogens with zero attached hydrogens (tertiary/aromatic N) is 2. The van der Waals surface area contributed by atoms with E-state index in [-0.39, 0.29) is 0 Å². The largest absolute Gasteiger partial charge is 0.500 e. The Morgan fingerprint density at radius 3 is 1.54 bits per heavy atom. The van der Waals surface area contributed by atoms with Crippen molar-refractivity contribution in [1.82, 2.24) is 9.47 Å². The van der Waals surface area contributed by atoms with E-state index in [1.165, 1.54) is 44.2 Å². The zero-order valence-corrected chi connectivity index (χ0v) is 20.9. The van der Waals surface area contributed by atoms with E-state index < -0.39 is 17.0 Å². The molecule has 0 aromatic heterocycles. The minimum Gasteiger partial charge on any atom is -0.377 e. The van der Waals surface area contributed by atoms with Crippen LogP contribution in [0.5, 0.6) is 0 Å². The van der Waals surface area contributed by atoms with E-state index >= 15 is 0 Å². The highest BCUT2D eigenvalue weighted by atomic mass is 28.4. The lowest BCUT2D eigenvalue weighted by atomic mass is 10.3. The van der Waals surface area contributed by atoms with Gasteiger partial charge in [-0.25, -0.2) is 0 Å². The van der Waals surface area contributed by atoms with Crippen molar-refractivity contribution in [3.05, 3.63) is 0 Å². The standard InChI is InChI=1S/C19H46N2O3Si2/c1-9-20(10-2)17-18-21(25(11-3,12-4)13-5)16-14-15-19-26(22-6,23-7)24-8/h9-19H2,1-8H3. The molecule has 7 heteroatoms. The van der Waals surface area contributed by atoms with Crippen molar-refractivity contribution in [3.8, 4) is 0 Å². The average Bonchev–Trinajstić information content (AvgIpc) is 2.70. The van der Waals surface area contributed by atoms with Gasteiger partial charge in [-0.2, -0.15) is 0 Å². The Kier molecular flexibility index (Phi) is 14.4. The third-order valence-corrected chi connectivity index (χ3v) is 14.9. The van der Waals surface area contributed by atoms with Crippen molar-refractivity contribution in [2.24, 2.45) is 0 Å². The van der Waals surface area contributed by atoms with Gasteiger partial charge < -0.3 is 22.7 Å². The molecule has 0 aromatic rings. The molecule has 0 aliphatic rings. The van der Waals surface area contributed by atoms with Gasteiger partial charge in [0.1, 0.15) is 8.24 Å². The Balaban J connectivity index is 4.85. The molecule has 0 saturated carbocycles. The highest BCUT2D eigenvalue weighted by Crippen LogP contribution is 2.26. The molecule has 0 heterocycles. The first kappa shape index (κ1) is 26.2. The summed E-state index contributed by atoms with van der Waals surface area (Å²) in [5.41, 5.74) is 0. The number of rotatable bonds is 17. The third-order valence-electron chi connectivity index (χ3n) is 6.32. The summed E-state index contributed by atoms with van der Waals surface area (Å²) in [7, 11) is 1.36. The molecular weight excluding hydrogens is 360 g/mol. The van der Waals surface area contributed by atoms with Gasteiger partial charge in [-0.15, -0.1) is 0 Å². The number of hydrogen-bond acceptors (Lipinski definition) is 5. The van der Waals surface area contributed by atoms with Crippen molar-refractivity contribution in [1.29, 1.82) is 0 Å². The predicted molar refractivity (Wildman–Crippen MR) is 117 cm³/mol. The fourth-order valence-corrected chi connectivity index (χ4v) is 9.85. The second-order valence-electron chi connectivity index (χ2n) is 7.05. The summed E-state index contributed by atoms with van der Waals surface area (Å²) >= 11 is 0. The van der Waals surface area contributed by atoms with E-state index in [1.54, 1.807) is 21.3 Å². The highest BCUT2D eigenvalue weighted by Gasteiger charge is 2.37. The molecule has 0 aromatic carbocycles. The first-order valence-electron chi connectivity index (χ1n) is 10.6. The van der Waals surface area contributed by atoms with Crippen LogP contribution in [0.15, 0.2) is 0 Å². The van der Waals surface area contributed by atoms with Crippen molar-refractivity contribution < 1.29 is 13.3 Å². The smallest absolute Gasteiger partial charge is 0.377 e. The molecular formula is C19H46N2O3Si2. The molecule has 158 valence electrons. The van der Waals surface area contributed by atoms with E-state index in [4.69, 9.17) is 13.3 Å². The maximum absolute atomic E-state index is 5.57. The maximum Gasteiger partial charge on any atom is 0.500 e. The average molecular weight is 407 g/mol. The lowest BCUT2D eigenvalue weighted by molar-refractivity contribution is 0.122. The SMILES string of the molecule is CCN(CC)CCN(CCCC[Si](OC)(OC)OC)[Si](CC)(CC)CC. The third kappa shape index (κ3) is 7.69. The first-order valence-corrected chi connectivity index (χ1v) is 15.1. The topological polar surface area (TPSA) is 34.2 Å². The molecule has 5 nitrogen and oxygen atoms in total. The van der Waals surface area contributed by atoms with Gasteiger partial charge >= 0.3 is 8.80 Å². The van der Waals surface area contributed by atoms with Crippen molar-refractivity contribution in [2.45, 2.75) is 71.6 Å². The van der Waals surface area contributed by atoms with Gasteiger partial charge in [0.25, 0.3) is 0 Å². The van der Waals surface area contributed by atoms with E-state index in [0.717, 1.165) is 25.6 Å². The van der Waals surface area contributed by atoms with E-state index in [1.807, 2.05) is 0 Å². The molecule has 0 spiro atoms. The number of unbranched alkanes of at least 4 members (excludes halogenated alkanes) is 1. The van der Waals surface area contributed by atoms with Gasteiger partial charge in [-0.3, -0.25) is 0 Å². The second-order valence-corrected chi connectivity index (χ2v) is 15.3.